The van der Waals surface area contributed by atoms with Gasteiger partial charge in [-0.05, 0) is 52.0 Å². The zero-order valence-electron chi connectivity index (χ0n) is 22.8. The number of hydrogen-bond acceptors (Lipinski definition) is 6. The van der Waals surface area contributed by atoms with E-state index in [0.717, 1.165) is 5.56 Å². The molecule has 3 atom stereocenters. The Morgan fingerprint density at radius 1 is 1.18 bits per heavy atom. The van der Waals surface area contributed by atoms with Crippen molar-refractivity contribution >= 4 is 27.6 Å². The Kier molecular flexibility index (Phi) is 9.40. The lowest BCUT2D eigenvalue weighted by atomic mass is 9.99. The van der Waals surface area contributed by atoms with Crippen molar-refractivity contribution in [3.05, 3.63) is 53.6 Å². The number of fused-ring (bicyclic) bond motifs is 1. The summed E-state index contributed by atoms with van der Waals surface area (Å²) in [5.74, 6) is -0.501. The van der Waals surface area contributed by atoms with Gasteiger partial charge in [0.15, 0.2) is 5.75 Å². The average molecular weight is 547 g/mol. The summed E-state index contributed by atoms with van der Waals surface area (Å²) in [5.41, 5.74) is 1.45. The fourth-order valence-electron chi connectivity index (χ4n) is 4.22. The van der Waals surface area contributed by atoms with E-state index >= 15 is 0 Å². The number of ether oxygens (including phenoxy) is 1. The summed E-state index contributed by atoms with van der Waals surface area (Å²) in [6.45, 7) is 9.15. The van der Waals surface area contributed by atoms with Gasteiger partial charge in [-0.25, -0.2) is 13.2 Å². The molecule has 0 saturated heterocycles. The number of rotatable bonds is 8. The van der Waals surface area contributed by atoms with E-state index < -0.39 is 28.2 Å². The van der Waals surface area contributed by atoms with Gasteiger partial charge in [-0.2, -0.15) is 4.31 Å². The minimum Gasteiger partial charge on any atom is -0.486 e. The van der Waals surface area contributed by atoms with E-state index in [1.54, 1.807) is 54.3 Å². The van der Waals surface area contributed by atoms with Crippen LogP contribution in [0.25, 0.3) is 0 Å². The highest BCUT2D eigenvalue weighted by Gasteiger charge is 2.36. The predicted molar refractivity (Wildman–Crippen MR) is 146 cm³/mol. The SMILES string of the molecule is Cc1ccc(S(=O)(=O)N(C)C[C@@H]2Oc3c(NC(=O)NC(C)C)cccc3C(=O)N([C@H](C)CO)C[C@H]2C)cc1. The number of likely N-dealkylation sites (N-methyl/N-ethyl adjacent to an activating group) is 1. The molecule has 38 heavy (non-hydrogen) atoms. The number of carbonyl (C=O) groups excluding carboxylic acids is 2. The van der Waals surface area contributed by atoms with Gasteiger partial charge >= 0.3 is 6.03 Å². The number of urea groups is 1. The van der Waals surface area contributed by atoms with Crippen molar-refractivity contribution in [3.8, 4) is 5.75 Å². The first-order valence-electron chi connectivity index (χ1n) is 12.7. The lowest BCUT2D eigenvalue weighted by molar-refractivity contribution is 0.0389. The molecule has 0 spiro atoms. The van der Waals surface area contributed by atoms with Crippen LogP contribution in [0.2, 0.25) is 0 Å². The van der Waals surface area contributed by atoms with Crippen LogP contribution < -0.4 is 15.4 Å². The molecule has 0 aromatic heterocycles. The number of sulfonamides is 1. The average Bonchev–Trinajstić information content (AvgIpc) is 2.85. The lowest BCUT2D eigenvalue weighted by Crippen LogP contribution is -2.50. The quantitative estimate of drug-likeness (QED) is 0.467. The Labute approximate surface area is 225 Å². The van der Waals surface area contributed by atoms with Gasteiger partial charge in [0.2, 0.25) is 10.0 Å². The monoisotopic (exact) mass is 546 g/mol. The Balaban J connectivity index is 2.02. The number of hydrogen-bond donors (Lipinski definition) is 3. The molecule has 0 fully saturated rings. The van der Waals surface area contributed by atoms with Crippen molar-refractivity contribution in [3.63, 3.8) is 0 Å². The minimum atomic E-state index is -3.81. The molecule has 208 valence electrons. The normalized spacial score (nSPS) is 18.9. The van der Waals surface area contributed by atoms with Crippen LogP contribution >= 0.6 is 0 Å². The highest BCUT2D eigenvalue weighted by molar-refractivity contribution is 7.89. The van der Waals surface area contributed by atoms with Crippen LogP contribution in [0.4, 0.5) is 10.5 Å². The Morgan fingerprint density at radius 3 is 2.45 bits per heavy atom. The molecule has 1 heterocycles. The van der Waals surface area contributed by atoms with Crippen LogP contribution in [-0.2, 0) is 10.0 Å². The minimum absolute atomic E-state index is 0.00111. The van der Waals surface area contributed by atoms with Crippen LogP contribution in [-0.4, -0.2) is 79.6 Å². The van der Waals surface area contributed by atoms with E-state index in [0.29, 0.717) is 0 Å². The standard InChI is InChI=1S/C27H38N4O6S/c1-17(2)28-27(34)29-23-9-7-8-22-25(23)37-24(19(4)14-31(26(22)33)20(5)16-32)15-30(6)38(35,36)21-12-10-18(3)11-13-21/h7-13,17,19-20,24,32H,14-16H2,1-6H3,(H2,28,29,34)/t19-,20-,24+/m1/s1. The number of benzene rings is 2. The molecule has 10 nitrogen and oxygen atoms in total. The van der Waals surface area contributed by atoms with Crippen LogP contribution in [0.5, 0.6) is 5.75 Å². The molecule has 0 bridgehead atoms. The van der Waals surface area contributed by atoms with E-state index in [2.05, 4.69) is 10.6 Å². The Bertz CT molecular complexity index is 1250. The van der Waals surface area contributed by atoms with E-state index in [-0.39, 0.29) is 59.5 Å². The molecule has 1 aliphatic heterocycles. The summed E-state index contributed by atoms with van der Waals surface area (Å²) in [6, 6.07) is 10.4. The zero-order chi connectivity index (χ0) is 28.2. The maximum Gasteiger partial charge on any atom is 0.319 e. The summed E-state index contributed by atoms with van der Waals surface area (Å²) in [6.07, 6.45) is -0.670. The third-order valence-electron chi connectivity index (χ3n) is 6.53. The molecular formula is C27H38N4O6S. The number of aliphatic hydroxyl groups is 1. The van der Waals surface area contributed by atoms with Gasteiger partial charge in [-0.1, -0.05) is 30.7 Å². The maximum absolute atomic E-state index is 13.6. The third-order valence-corrected chi connectivity index (χ3v) is 8.36. The molecule has 0 saturated carbocycles. The van der Waals surface area contributed by atoms with Crippen molar-refractivity contribution in [2.45, 2.75) is 57.7 Å². The van der Waals surface area contributed by atoms with Gasteiger partial charge in [-0.3, -0.25) is 4.79 Å². The van der Waals surface area contributed by atoms with E-state index in [1.807, 2.05) is 27.7 Å². The number of carbonyl (C=O) groups is 2. The smallest absolute Gasteiger partial charge is 0.319 e. The number of amides is 3. The van der Waals surface area contributed by atoms with Crippen LogP contribution in [0.3, 0.4) is 0 Å². The summed E-state index contributed by atoms with van der Waals surface area (Å²) < 4.78 is 34.3. The first-order chi connectivity index (χ1) is 17.8. The number of aliphatic hydroxyl groups excluding tert-OH is 1. The van der Waals surface area contributed by atoms with Gasteiger partial charge in [-0.15, -0.1) is 0 Å². The topological polar surface area (TPSA) is 128 Å². The molecule has 3 N–H and O–H groups in total. The van der Waals surface area contributed by atoms with Crippen molar-refractivity contribution in [1.82, 2.24) is 14.5 Å². The number of aryl methyl sites for hydroxylation is 1. The molecule has 0 unspecified atom stereocenters. The first kappa shape index (κ1) is 29.4. The van der Waals surface area contributed by atoms with Gasteiger partial charge in [0.05, 0.1) is 35.3 Å². The number of nitrogens with one attached hydrogen (secondary N) is 2. The van der Waals surface area contributed by atoms with E-state index in [9.17, 15) is 23.1 Å². The van der Waals surface area contributed by atoms with Crippen molar-refractivity contribution in [2.24, 2.45) is 5.92 Å². The molecule has 0 aliphatic carbocycles. The summed E-state index contributed by atoms with van der Waals surface area (Å²) in [7, 11) is -2.32. The van der Waals surface area contributed by atoms with Gasteiger partial charge in [0.1, 0.15) is 6.10 Å². The molecule has 2 aromatic rings. The summed E-state index contributed by atoms with van der Waals surface area (Å²) in [5, 5.41) is 15.3. The third kappa shape index (κ3) is 6.64. The highest BCUT2D eigenvalue weighted by atomic mass is 32.2. The molecule has 3 rings (SSSR count). The molecule has 3 amide bonds. The van der Waals surface area contributed by atoms with Gasteiger partial charge in [0, 0.05) is 25.6 Å². The molecule has 2 aromatic carbocycles. The van der Waals surface area contributed by atoms with Crippen LogP contribution in [0, 0.1) is 12.8 Å². The largest absolute Gasteiger partial charge is 0.486 e. The fraction of sp³-hybridized carbons (Fsp3) is 0.481. The Hall–Kier alpha value is -3.15. The highest BCUT2D eigenvalue weighted by Crippen LogP contribution is 2.35. The molecule has 0 radical (unpaired) electrons. The first-order valence-corrected chi connectivity index (χ1v) is 14.1. The van der Waals surface area contributed by atoms with Crippen molar-refractivity contribution in [1.29, 1.82) is 0 Å². The van der Waals surface area contributed by atoms with Crippen LogP contribution in [0.1, 0.15) is 43.6 Å². The number of anilines is 1. The fourth-order valence-corrected chi connectivity index (χ4v) is 5.41. The number of nitrogens with zero attached hydrogens (tertiary/aromatic N) is 2. The second-order valence-corrected chi connectivity index (χ2v) is 12.2. The molecule has 11 heteroatoms. The van der Waals surface area contributed by atoms with Gasteiger partial charge < -0.3 is 25.4 Å². The Morgan fingerprint density at radius 2 is 1.84 bits per heavy atom. The number of para-hydroxylation sites is 1. The van der Waals surface area contributed by atoms with E-state index in [4.69, 9.17) is 4.74 Å². The van der Waals surface area contributed by atoms with Crippen molar-refractivity contribution < 1.29 is 27.9 Å². The second-order valence-electron chi connectivity index (χ2n) is 10.2. The van der Waals surface area contributed by atoms with Gasteiger partial charge in [0.25, 0.3) is 5.91 Å². The molecule has 1 aliphatic rings. The summed E-state index contributed by atoms with van der Waals surface area (Å²) >= 11 is 0. The van der Waals surface area contributed by atoms with E-state index in [1.165, 1.54) is 11.4 Å². The van der Waals surface area contributed by atoms with Crippen LogP contribution in [0.15, 0.2) is 47.4 Å². The maximum atomic E-state index is 13.6. The zero-order valence-corrected chi connectivity index (χ0v) is 23.6. The predicted octanol–water partition coefficient (Wildman–Crippen LogP) is 3.07. The molecular weight excluding hydrogens is 508 g/mol. The summed E-state index contributed by atoms with van der Waals surface area (Å²) in [4.78, 5) is 27.8. The van der Waals surface area contributed by atoms with Crippen molar-refractivity contribution in [2.75, 3.05) is 32.1 Å². The second kappa shape index (κ2) is 12.1. The lowest BCUT2D eigenvalue weighted by Gasteiger charge is -2.38.